The van der Waals surface area contributed by atoms with Gasteiger partial charge >= 0.3 is 0 Å². The molecule has 0 aliphatic rings. The number of hydrogen-bond donors (Lipinski definition) is 0. The number of para-hydroxylation sites is 1. The molecule has 0 unspecified atom stereocenters. The summed E-state index contributed by atoms with van der Waals surface area (Å²) in [6.07, 6.45) is 1.79. The molecule has 0 radical (unpaired) electrons. The number of hydrogen-bond acceptors (Lipinski definition) is 3. The van der Waals surface area contributed by atoms with E-state index in [0.29, 0.717) is 0 Å². The van der Waals surface area contributed by atoms with Crippen LogP contribution in [0.25, 0.3) is 5.69 Å². The van der Waals surface area contributed by atoms with Crippen molar-refractivity contribution in [3.05, 3.63) is 71.0 Å². The summed E-state index contributed by atoms with van der Waals surface area (Å²) >= 11 is 1.72. The molecular formula is C18H19N3S. The molecule has 3 rings (SSSR count). The Morgan fingerprint density at radius 3 is 2.64 bits per heavy atom. The van der Waals surface area contributed by atoms with Crippen molar-refractivity contribution in [3.8, 4) is 5.69 Å². The first kappa shape index (κ1) is 14.9. The Bertz CT molecular complexity index is 793. The minimum absolute atomic E-state index is 0.901. The Morgan fingerprint density at radius 2 is 1.82 bits per heavy atom. The number of aromatic nitrogens is 3. The second kappa shape index (κ2) is 6.36. The van der Waals surface area contributed by atoms with Gasteiger partial charge in [-0.05, 0) is 43.5 Å². The second-order valence-electron chi connectivity index (χ2n) is 5.49. The van der Waals surface area contributed by atoms with Crippen LogP contribution in [0.4, 0.5) is 0 Å². The van der Waals surface area contributed by atoms with Gasteiger partial charge in [-0.15, -0.1) is 10.2 Å². The largest absolute Gasteiger partial charge is 0.276 e. The summed E-state index contributed by atoms with van der Waals surface area (Å²) in [6.45, 7) is 6.39. The molecule has 0 spiro atoms. The molecule has 0 aliphatic carbocycles. The van der Waals surface area contributed by atoms with Crippen LogP contribution in [-0.2, 0) is 5.75 Å². The summed E-state index contributed by atoms with van der Waals surface area (Å²) in [5.41, 5.74) is 6.32. The topological polar surface area (TPSA) is 30.7 Å². The Labute approximate surface area is 135 Å². The molecule has 0 N–H and O–H groups in total. The molecule has 0 atom stereocenters. The van der Waals surface area contributed by atoms with Crippen LogP contribution in [0.3, 0.4) is 0 Å². The van der Waals surface area contributed by atoms with Crippen molar-refractivity contribution in [2.45, 2.75) is 31.7 Å². The van der Waals surface area contributed by atoms with E-state index in [1.165, 1.54) is 22.3 Å². The van der Waals surface area contributed by atoms with Gasteiger partial charge in [-0.1, -0.05) is 53.7 Å². The molecule has 0 amide bonds. The monoisotopic (exact) mass is 309 g/mol. The number of rotatable bonds is 4. The Hall–Kier alpha value is -2.07. The van der Waals surface area contributed by atoms with Gasteiger partial charge in [0.25, 0.3) is 0 Å². The SMILES string of the molecule is Cc1ccc(C)c(CSc2nncn2-c2ccccc2C)c1. The van der Waals surface area contributed by atoms with Crippen LogP contribution in [0.2, 0.25) is 0 Å². The van der Waals surface area contributed by atoms with E-state index in [1.54, 1.807) is 18.1 Å². The fourth-order valence-electron chi connectivity index (χ4n) is 2.42. The summed E-state index contributed by atoms with van der Waals surface area (Å²) in [4.78, 5) is 0. The van der Waals surface area contributed by atoms with Crippen molar-refractivity contribution in [2.24, 2.45) is 0 Å². The maximum absolute atomic E-state index is 4.28. The fourth-order valence-corrected chi connectivity index (χ4v) is 3.40. The zero-order valence-corrected chi connectivity index (χ0v) is 13.9. The number of benzene rings is 2. The van der Waals surface area contributed by atoms with Gasteiger partial charge in [0.2, 0.25) is 0 Å². The van der Waals surface area contributed by atoms with E-state index >= 15 is 0 Å². The minimum Gasteiger partial charge on any atom is -0.276 e. The quantitative estimate of drug-likeness (QED) is 0.666. The van der Waals surface area contributed by atoms with Crippen molar-refractivity contribution < 1.29 is 0 Å². The summed E-state index contributed by atoms with van der Waals surface area (Å²) in [5, 5.41) is 9.29. The highest BCUT2D eigenvalue weighted by molar-refractivity contribution is 7.98. The summed E-state index contributed by atoms with van der Waals surface area (Å²) in [7, 11) is 0. The highest BCUT2D eigenvalue weighted by Crippen LogP contribution is 2.26. The van der Waals surface area contributed by atoms with E-state index in [2.05, 4.69) is 65.9 Å². The fraction of sp³-hybridized carbons (Fsp3) is 0.222. The van der Waals surface area contributed by atoms with E-state index in [-0.39, 0.29) is 0 Å². The van der Waals surface area contributed by atoms with E-state index in [1.807, 2.05) is 12.1 Å². The number of thioether (sulfide) groups is 1. The molecule has 0 saturated heterocycles. The van der Waals surface area contributed by atoms with Crippen molar-refractivity contribution in [3.63, 3.8) is 0 Å². The van der Waals surface area contributed by atoms with E-state index in [4.69, 9.17) is 0 Å². The lowest BCUT2D eigenvalue weighted by Crippen LogP contribution is -1.98. The van der Waals surface area contributed by atoms with Crippen molar-refractivity contribution >= 4 is 11.8 Å². The summed E-state index contributed by atoms with van der Waals surface area (Å²) in [6, 6.07) is 14.9. The first-order chi connectivity index (χ1) is 10.6. The smallest absolute Gasteiger partial charge is 0.195 e. The van der Waals surface area contributed by atoms with Gasteiger partial charge in [0, 0.05) is 5.75 Å². The number of nitrogens with zero attached hydrogens (tertiary/aromatic N) is 3. The molecule has 0 bridgehead atoms. The molecule has 0 aliphatic heterocycles. The average Bonchev–Trinajstić information content (AvgIpc) is 2.97. The third-order valence-corrected chi connectivity index (χ3v) is 4.74. The van der Waals surface area contributed by atoms with Gasteiger partial charge in [0.1, 0.15) is 6.33 Å². The first-order valence-corrected chi connectivity index (χ1v) is 8.28. The lowest BCUT2D eigenvalue weighted by Gasteiger charge is -2.10. The third kappa shape index (κ3) is 3.07. The molecule has 0 fully saturated rings. The predicted octanol–water partition coefficient (Wildman–Crippen LogP) is 4.48. The van der Waals surface area contributed by atoms with E-state index < -0.39 is 0 Å². The molecule has 22 heavy (non-hydrogen) atoms. The molecular weight excluding hydrogens is 290 g/mol. The molecule has 1 heterocycles. The molecule has 3 nitrogen and oxygen atoms in total. The van der Waals surface area contributed by atoms with Gasteiger partial charge in [0.05, 0.1) is 5.69 Å². The zero-order valence-electron chi connectivity index (χ0n) is 13.1. The predicted molar refractivity (Wildman–Crippen MR) is 91.6 cm³/mol. The summed E-state index contributed by atoms with van der Waals surface area (Å²) < 4.78 is 2.06. The highest BCUT2D eigenvalue weighted by Gasteiger charge is 2.10. The van der Waals surface area contributed by atoms with Crippen LogP contribution in [0, 0.1) is 20.8 Å². The van der Waals surface area contributed by atoms with Crippen molar-refractivity contribution in [1.29, 1.82) is 0 Å². The normalized spacial score (nSPS) is 10.9. The van der Waals surface area contributed by atoms with Gasteiger partial charge in [0.15, 0.2) is 5.16 Å². The lowest BCUT2D eigenvalue weighted by molar-refractivity contribution is 0.878. The Kier molecular flexibility index (Phi) is 4.29. The van der Waals surface area contributed by atoms with Gasteiger partial charge < -0.3 is 0 Å². The first-order valence-electron chi connectivity index (χ1n) is 7.30. The van der Waals surface area contributed by atoms with Crippen LogP contribution in [-0.4, -0.2) is 14.8 Å². The summed E-state index contributed by atoms with van der Waals surface area (Å²) in [5.74, 6) is 0.901. The maximum Gasteiger partial charge on any atom is 0.195 e. The number of aryl methyl sites for hydroxylation is 3. The maximum atomic E-state index is 4.28. The molecule has 0 saturated carbocycles. The highest BCUT2D eigenvalue weighted by atomic mass is 32.2. The van der Waals surface area contributed by atoms with Crippen molar-refractivity contribution in [1.82, 2.24) is 14.8 Å². The van der Waals surface area contributed by atoms with Crippen LogP contribution in [0.5, 0.6) is 0 Å². The average molecular weight is 309 g/mol. The molecule has 3 aromatic rings. The molecule has 112 valence electrons. The van der Waals surface area contributed by atoms with Crippen molar-refractivity contribution in [2.75, 3.05) is 0 Å². The Balaban J connectivity index is 1.84. The lowest BCUT2D eigenvalue weighted by atomic mass is 10.1. The molecule has 4 heteroatoms. The molecule has 2 aromatic carbocycles. The third-order valence-electron chi connectivity index (χ3n) is 3.75. The van der Waals surface area contributed by atoms with Crippen LogP contribution < -0.4 is 0 Å². The van der Waals surface area contributed by atoms with Crippen LogP contribution in [0.1, 0.15) is 22.3 Å². The van der Waals surface area contributed by atoms with Crippen LogP contribution in [0.15, 0.2) is 53.9 Å². The van der Waals surface area contributed by atoms with Gasteiger partial charge in [-0.3, -0.25) is 4.57 Å². The second-order valence-corrected chi connectivity index (χ2v) is 6.43. The van der Waals surface area contributed by atoms with E-state index in [0.717, 1.165) is 16.6 Å². The van der Waals surface area contributed by atoms with Crippen LogP contribution >= 0.6 is 11.8 Å². The standard InChI is InChI=1S/C18H19N3S/c1-13-8-9-14(2)16(10-13)11-22-18-20-19-12-21(18)17-7-5-4-6-15(17)3/h4-10,12H,11H2,1-3H3. The molecule has 1 aromatic heterocycles. The zero-order chi connectivity index (χ0) is 15.5. The van der Waals surface area contributed by atoms with Gasteiger partial charge in [-0.25, -0.2) is 0 Å². The minimum atomic E-state index is 0.901. The Morgan fingerprint density at radius 1 is 1.00 bits per heavy atom. The van der Waals surface area contributed by atoms with Gasteiger partial charge in [-0.2, -0.15) is 0 Å². The van der Waals surface area contributed by atoms with E-state index in [9.17, 15) is 0 Å².